The Hall–Kier alpha value is -9.40. The minimum absolute atomic E-state index is 0. The Labute approximate surface area is 502 Å². The predicted octanol–water partition coefficient (Wildman–Crippen LogP) is 18.4. The van der Waals surface area contributed by atoms with Crippen molar-refractivity contribution in [3.05, 3.63) is 284 Å². The van der Waals surface area contributed by atoms with Crippen molar-refractivity contribution in [1.82, 2.24) is 14.1 Å². The van der Waals surface area contributed by atoms with Crippen molar-refractivity contribution >= 4 is 38.5 Å². The number of imidazole rings is 1. The summed E-state index contributed by atoms with van der Waals surface area (Å²) in [5.74, 6) is 1.37. The van der Waals surface area contributed by atoms with Gasteiger partial charge < -0.3 is 18.4 Å². The molecule has 13 rings (SSSR count). The van der Waals surface area contributed by atoms with E-state index in [-0.39, 0.29) is 60.9 Å². The van der Waals surface area contributed by atoms with Crippen LogP contribution in [0, 0.1) is 25.0 Å². The molecule has 0 fully saturated rings. The zero-order valence-corrected chi connectivity index (χ0v) is 46.7. The summed E-state index contributed by atoms with van der Waals surface area (Å²) in [4.78, 5) is 8.82. The van der Waals surface area contributed by atoms with E-state index >= 15 is 0 Å². The average Bonchev–Trinajstić information content (AvgIpc) is 1.72. The maximum atomic E-state index is 8.94. The van der Waals surface area contributed by atoms with E-state index in [1.165, 1.54) is 0 Å². The Morgan fingerprint density at radius 2 is 1.22 bits per heavy atom. The first-order valence-electron chi connectivity index (χ1n) is 31.4. The third-order valence-corrected chi connectivity index (χ3v) is 14.5. The molecule has 10 aromatic carbocycles. The van der Waals surface area contributed by atoms with Gasteiger partial charge in [0.2, 0.25) is 6.33 Å². The molecule has 0 amide bonds. The fourth-order valence-corrected chi connectivity index (χ4v) is 10.6. The summed E-state index contributed by atoms with van der Waals surface area (Å²) in [5.41, 5.74) is 12.4. The molecule has 0 N–H and O–H groups in total. The molecule has 3 aromatic heterocycles. The number of fused-ring (bicyclic) bond motifs is 4. The number of ether oxygens (including phenoxy) is 1. The molecule has 7 heteroatoms. The maximum Gasteiger partial charge on any atom is 0.242 e. The molecule has 81 heavy (non-hydrogen) atoms. The number of aryl methyl sites for hydroxylation is 1. The Balaban J connectivity index is 0.00000800. The molecule has 0 aliphatic carbocycles. The molecule has 0 radical (unpaired) electrons. The molecule has 6 nitrogen and oxygen atoms in total. The van der Waals surface area contributed by atoms with Crippen LogP contribution in [0.1, 0.15) is 52.0 Å². The summed E-state index contributed by atoms with van der Waals surface area (Å²) in [5, 5.41) is 1.93. The molecule has 0 unspecified atom stereocenters. The Kier molecular flexibility index (Phi) is 11.5. The van der Waals surface area contributed by atoms with Gasteiger partial charge in [0, 0.05) is 38.5 Å². The molecule has 13 aromatic rings. The van der Waals surface area contributed by atoms with Crippen LogP contribution in [-0.4, -0.2) is 14.1 Å². The monoisotopic (exact) mass is 1230 g/mol. The first-order valence-corrected chi connectivity index (χ1v) is 26.4. The van der Waals surface area contributed by atoms with Crippen LogP contribution in [-0.2, 0) is 39.4 Å². The number of hydrogen-bond donors (Lipinski definition) is 0. The summed E-state index contributed by atoms with van der Waals surface area (Å²) < 4.78 is 99.0. The Bertz CT molecular complexity index is 4890. The Morgan fingerprint density at radius 3 is 1.88 bits per heavy atom. The van der Waals surface area contributed by atoms with Crippen LogP contribution in [0.3, 0.4) is 0 Å². The summed E-state index contributed by atoms with van der Waals surface area (Å²) >= 11 is 0. The molecule has 3 heterocycles. The summed E-state index contributed by atoms with van der Waals surface area (Å²) in [7, 11) is 0. The van der Waals surface area contributed by atoms with Gasteiger partial charge >= 0.3 is 0 Å². The van der Waals surface area contributed by atoms with Crippen LogP contribution in [0.25, 0.3) is 105 Å². The number of benzene rings is 10. The van der Waals surface area contributed by atoms with Gasteiger partial charge in [0.1, 0.15) is 5.82 Å². The van der Waals surface area contributed by atoms with Crippen LogP contribution in [0.5, 0.6) is 11.5 Å². The number of hydrogen-bond acceptors (Lipinski definition) is 2. The van der Waals surface area contributed by atoms with E-state index in [4.69, 9.17) is 30.0 Å². The number of para-hydroxylation sites is 2. The van der Waals surface area contributed by atoms with E-state index < -0.39 is 60.4 Å². The van der Waals surface area contributed by atoms with Gasteiger partial charge in [-0.15, -0.1) is 29.7 Å². The van der Waals surface area contributed by atoms with Crippen LogP contribution in [0.15, 0.2) is 243 Å². The summed E-state index contributed by atoms with van der Waals surface area (Å²) in [6.07, 6.45) is 5.88. The molecule has 0 bridgehead atoms. The molecule has 0 aliphatic heterocycles. The van der Waals surface area contributed by atoms with Gasteiger partial charge in [-0.05, 0) is 133 Å². The van der Waals surface area contributed by atoms with E-state index in [9.17, 15) is 0 Å². The Morgan fingerprint density at radius 1 is 0.580 bits per heavy atom. The quantitative estimate of drug-likeness (QED) is 0.0853. The minimum atomic E-state index is -0.552. The molecule has 0 saturated heterocycles. The van der Waals surface area contributed by atoms with Crippen LogP contribution < -0.4 is 9.30 Å². The van der Waals surface area contributed by atoms with Crippen LogP contribution >= 0.6 is 0 Å². The average molecular weight is 1240 g/mol. The van der Waals surface area contributed by atoms with Gasteiger partial charge in [0.15, 0.2) is 0 Å². The second kappa shape index (κ2) is 22.4. The van der Waals surface area contributed by atoms with Crippen molar-refractivity contribution in [1.29, 1.82) is 0 Å². The maximum absolute atomic E-state index is 8.94. The smallest absolute Gasteiger partial charge is 0.242 e. The van der Waals surface area contributed by atoms with Gasteiger partial charge in [0.05, 0.1) is 43.5 Å². The van der Waals surface area contributed by atoms with Crippen molar-refractivity contribution in [3.8, 4) is 78.6 Å². The van der Waals surface area contributed by atoms with Crippen molar-refractivity contribution in [2.45, 2.75) is 45.6 Å². The van der Waals surface area contributed by atoms with E-state index in [1.807, 2.05) is 69.9 Å². The first-order chi connectivity index (χ1) is 43.4. The number of pyridine rings is 1. The van der Waals surface area contributed by atoms with E-state index in [1.54, 1.807) is 30.3 Å². The fourth-order valence-electron chi connectivity index (χ4n) is 10.6. The van der Waals surface area contributed by atoms with Gasteiger partial charge in [0.25, 0.3) is 0 Å². The first kappa shape index (κ1) is 41.6. The molecule has 0 aliphatic rings. The minimum Gasteiger partial charge on any atom is -0.511 e. The fraction of sp³-hybridized carbons (Fsp3) is 0.0946. The molecular weight excluding hydrogens is 1170 g/mol. The molecule has 394 valence electrons. The second-order valence-electron chi connectivity index (χ2n) is 20.6. The summed E-state index contributed by atoms with van der Waals surface area (Å²) in [6.45, 7) is 15.1. The molecule has 0 saturated carbocycles. The van der Waals surface area contributed by atoms with Crippen molar-refractivity contribution in [2.24, 2.45) is 0 Å². The number of rotatable bonds is 13. The van der Waals surface area contributed by atoms with Gasteiger partial charge in [-0.1, -0.05) is 208 Å². The predicted molar refractivity (Wildman–Crippen MR) is 326 cm³/mol. The largest absolute Gasteiger partial charge is 0.511 e. The molecule has 0 atom stereocenters. The summed E-state index contributed by atoms with van der Waals surface area (Å²) in [6, 6.07) is 60.3. The SMILES string of the molecule is [2H]c1c([2H])c([2H])c(-c2cccc(-c3c([2H])c([2H])c([2H])c([2H])c3[2H])c2CCC[n+]2[c-]n(-c3[c-]c(Oc4[c-]c5c(cc4)c4cc(-c6cc(-c7ccccc7)cc(-c7ccccc7)c6)ccc4n5-c4cc(C(C)(C)C)ccn4)cc([N+]#[C-])c3)c3ccccc32)c([2H])c1[2H].[Pt]. The van der Waals surface area contributed by atoms with Gasteiger partial charge in [-0.2, -0.15) is 12.1 Å². The standard InChI is InChI=1S/C74H55N5O.Pt/c1-74(2,3)59-38-39-76-73(45-59)79-69-37-34-55(58-42-56(51-21-9-5-10-22-51)41-57(43-58)52-23-11-6-12-24-52)44-68(69)67-36-35-62(49-72(67)79)80-63-47-60(75-4)46-61(48-63)78-50-77(70-32-17-18-33-71(70)78)40-20-31-66-64(53-25-13-7-14-26-53)29-19-30-65(66)54-27-15-8-16-28-54;/h5-19,21-30,32-39,41-47H,20,31,40H2,1-3H3;/q-2;/i7D,8D,13D,14D,15D,16D,25D,26D,27D,28D;. The zero-order chi connectivity index (χ0) is 62.9. The van der Waals surface area contributed by atoms with Crippen LogP contribution in [0.4, 0.5) is 5.69 Å². The number of aromatic nitrogens is 4. The van der Waals surface area contributed by atoms with E-state index in [0.717, 1.165) is 77.6 Å². The molecule has 0 spiro atoms. The van der Waals surface area contributed by atoms with Crippen LogP contribution in [0.2, 0.25) is 0 Å². The van der Waals surface area contributed by atoms with Crippen molar-refractivity contribution in [2.75, 3.05) is 0 Å². The second-order valence-corrected chi connectivity index (χ2v) is 20.6. The topological polar surface area (TPSA) is 40.2 Å². The van der Waals surface area contributed by atoms with Crippen molar-refractivity contribution in [3.63, 3.8) is 0 Å². The van der Waals surface area contributed by atoms with Crippen molar-refractivity contribution < 1.29 is 44.1 Å². The third-order valence-electron chi connectivity index (χ3n) is 14.5. The zero-order valence-electron chi connectivity index (χ0n) is 54.4. The molecular formula is C74H55N5OPt-2. The van der Waals surface area contributed by atoms with E-state index in [0.29, 0.717) is 35.7 Å². The normalized spacial score (nSPS) is 13.2. The van der Waals surface area contributed by atoms with E-state index in [2.05, 4.69) is 140 Å². The van der Waals surface area contributed by atoms with Gasteiger partial charge in [-0.3, -0.25) is 4.85 Å². The third kappa shape index (κ3) is 10.5. The number of nitrogens with zero attached hydrogens (tertiary/aromatic N) is 5. The van der Waals surface area contributed by atoms with Gasteiger partial charge in [-0.25, -0.2) is 4.98 Å².